The third kappa shape index (κ3) is 4.65. The molecule has 1 heterocycles. The molecule has 0 fully saturated rings. The van der Waals surface area contributed by atoms with Crippen molar-refractivity contribution in [3.05, 3.63) is 120 Å². The summed E-state index contributed by atoms with van der Waals surface area (Å²) in [6.07, 6.45) is 1.35. The highest BCUT2D eigenvalue weighted by Crippen LogP contribution is 2.30. The van der Waals surface area contributed by atoms with Crippen LogP contribution in [0.2, 0.25) is 0 Å². The molecule has 0 saturated heterocycles. The fraction of sp³-hybridized carbons (Fsp3) is 0.0741. The number of benzene rings is 3. The van der Waals surface area contributed by atoms with Gasteiger partial charge in [-0.15, -0.1) is 0 Å². The van der Waals surface area contributed by atoms with Gasteiger partial charge in [0.1, 0.15) is 11.5 Å². The van der Waals surface area contributed by atoms with E-state index in [1.165, 1.54) is 13.3 Å². The first-order chi connectivity index (χ1) is 16.5. The largest absolute Gasteiger partial charge is 0.465 e. The van der Waals surface area contributed by atoms with E-state index in [0.29, 0.717) is 28.2 Å². The molecule has 0 aliphatic rings. The monoisotopic (exact) mass is 454 g/mol. The van der Waals surface area contributed by atoms with Crippen molar-refractivity contribution in [3.63, 3.8) is 0 Å². The second kappa shape index (κ2) is 9.97. The van der Waals surface area contributed by atoms with Crippen LogP contribution in [0.25, 0.3) is 11.3 Å². The molecule has 7 heteroatoms. The van der Waals surface area contributed by atoms with Gasteiger partial charge in [-0.1, -0.05) is 72.8 Å². The maximum absolute atomic E-state index is 13.1. The average molecular weight is 454 g/mol. The van der Waals surface area contributed by atoms with Crippen LogP contribution in [0.3, 0.4) is 0 Å². The molecule has 0 spiro atoms. The number of carbonyl (C=O) groups is 2. The third-order valence-electron chi connectivity index (χ3n) is 5.29. The number of carbonyl (C=O) groups excluding carboxylic acids is 2. The number of amides is 1. The van der Waals surface area contributed by atoms with Crippen molar-refractivity contribution >= 4 is 18.1 Å². The van der Waals surface area contributed by atoms with Gasteiger partial charge in [-0.05, 0) is 35.4 Å². The van der Waals surface area contributed by atoms with E-state index in [1.54, 1.807) is 84.9 Å². The summed E-state index contributed by atoms with van der Waals surface area (Å²) in [5.41, 5.74) is 2.53. The van der Waals surface area contributed by atoms with Crippen molar-refractivity contribution < 1.29 is 23.8 Å². The summed E-state index contributed by atoms with van der Waals surface area (Å²) in [7, 11) is 1.33. The summed E-state index contributed by atoms with van der Waals surface area (Å²) >= 11 is 0. The number of aliphatic hydroxyl groups is 1. The second-order valence-electron chi connectivity index (χ2n) is 7.41. The zero-order valence-electron chi connectivity index (χ0n) is 18.3. The summed E-state index contributed by atoms with van der Waals surface area (Å²) in [6.45, 7) is 0. The van der Waals surface area contributed by atoms with E-state index < -0.39 is 17.5 Å². The summed E-state index contributed by atoms with van der Waals surface area (Å²) in [6, 6.07) is 27.6. The predicted octanol–water partition coefficient (Wildman–Crippen LogP) is 4.12. The quantitative estimate of drug-likeness (QED) is 0.249. The fourth-order valence-electron chi connectivity index (χ4n) is 3.49. The van der Waals surface area contributed by atoms with Gasteiger partial charge in [0.2, 0.25) is 0 Å². The minimum atomic E-state index is -1.92. The number of esters is 1. The maximum Gasteiger partial charge on any atom is 0.337 e. The molecule has 3 aromatic carbocycles. The Labute approximate surface area is 196 Å². The molecule has 2 N–H and O–H groups in total. The van der Waals surface area contributed by atoms with Gasteiger partial charge in [-0.25, -0.2) is 10.2 Å². The summed E-state index contributed by atoms with van der Waals surface area (Å²) in [5, 5.41) is 15.4. The number of methoxy groups -OCH3 is 1. The van der Waals surface area contributed by atoms with Crippen LogP contribution in [0.1, 0.15) is 27.2 Å². The van der Waals surface area contributed by atoms with E-state index in [9.17, 15) is 14.7 Å². The Balaban J connectivity index is 1.50. The number of hydrazone groups is 1. The zero-order valence-corrected chi connectivity index (χ0v) is 18.3. The Morgan fingerprint density at radius 3 is 2.03 bits per heavy atom. The molecule has 0 atom stereocenters. The van der Waals surface area contributed by atoms with Crippen molar-refractivity contribution in [3.8, 4) is 11.3 Å². The number of furan rings is 1. The van der Waals surface area contributed by atoms with Crippen LogP contribution in [0.5, 0.6) is 0 Å². The van der Waals surface area contributed by atoms with Crippen molar-refractivity contribution in [1.29, 1.82) is 0 Å². The van der Waals surface area contributed by atoms with Crippen LogP contribution in [0, 0.1) is 0 Å². The van der Waals surface area contributed by atoms with Crippen LogP contribution in [-0.4, -0.2) is 30.3 Å². The van der Waals surface area contributed by atoms with Gasteiger partial charge in [0.05, 0.1) is 18.9 Å². The predicted molar refractivity (Wildman–Crippen MR) is 127 cm³/mol. The van der Waals surface area contributed by atoms with E-state index in [-0.39, 0.29) is 0 Å². The van der Waals surface area contributed by atoms with Crippen molar-refractivity contribution in [2.24, 2.45) is 5.10 Å². The normalized spacial score (nSPS) is 11.4. The Kier molecular flexibility index (Phi) is 6.66. The molecule has 0 bridgehead atoms. The summed E-state index contributed by atoms with van der Waals surface area (Å²) < 4.78 is 10.5. The van der Waals surface area contributed by atoms with Gasteiger partial charge in [0, 0.05) is 5.56 Å². The van der Waals surface area contributed by atoms with E-state index in [2.05, 4.69) is 10.5 Å². The smallest absolute Gasteiger partial charge is 0.337 e. The molecule has 170 valence electrons. The minimum Gasteiger partial charge on any atom is -0.465 e. The topological polar surface area (TPSA) is 101 Å². The van der Waals surface area contributed by atoms with Crippen molar-refractivity contribution in [2.45, 2.75) is 5.60 Å². The van der Waals surface area contributed by atoms with Gasteiger partial charge in [0.15, 0.2) is 5.60 Å². The van der Waals surface area contributed by atoms with Gasteiger partial charge < -0.3 is 14.3 Å². The second-order valence-corrected chi connectivity index (χ2v) is 7.41. The Hall–Kier alpha value is -4.49. The summed E-state index contributed by atoms with van der Waals surface area (Å²) in [4.78, 5) is 24.6. The molecule has 0 aliphatic heterocycles. The van der Waals surface area contributed by atoms with E-state index in [1.807, 2.05) is 12.1 Å². The highest BCUT2D eigenvalue weighted by atomic mass is 16.5. The van der Waals surface area contributed by atoms with Gasteiger partial charge in [0.25, 0.3) is 5.91 Å². The maximum atomic E-state index is 13.1. The lowest BCUT2D eigenvalue weighted by Gasteiger charge is -2.26. The lowest BCUT2D eigenvalue weighted by atomic mass is 9.85. The van der Waals surface area contributed by atoms with Crippen LogP contribution in [0.4, 0.5) is 0 Å². The van der Waals surface area contributed by atoms with Crippen LogP contribution >= 0.6 is 0 Å². The molecule has 1 amide bonds. The Bertz CT molecular complexity index is 1260. The van der Waals surface area contributed by atoms with Crippen LogP contribution < -0.4 is 5.43 Å². The fourth-order valence-corrected chi connectivity index (χ4v) is 3.49. The van der Waals surface area contributed by atoms with E-state index in [0.717, 1.165) is 5.56 Å². The molecule has 4 aromatic rings. The lowest BCUT2D eigenvalue weighted by Crippen LogP contribution is -2.43. The SMILES string of the molecule is COC(=O)c1ccc(-c2ccc(/C=N\NC(=O)C(O)(c3ccccc3)c3ccccc3)o2)cc1. The average Bonchev–Trinajstić information content (AvgIpc) is 3.37. The van der Waals surface area contributed by atoms with Crippen LogP contribution in [-0.2, 0) is 15.1 Å². The highest BCUT2D eigenvalue weighted by molar-refractivity contribution is 5.91. The van der Waals surface area contributed by atoms with Crippen molar-refractivity contribution in [1.82, 2.24) is 5.43 Å². The standard InChI is InChI=1S/C27H22N2O5/c1-33-25(30)20-14-12-19(13-15-20)24-17-16-23(34-24)18-28-29-26(31)27(32,21-8-4-2-5-9-21)22-10-6-3-7-11-22/h2-18,32H,1H3,(H,29,31)/b28-18-. The molecule has 1 aromatic heterocycles. The lowest BCUT2D eigenvalue weighted by molar-refractivity contribution is -0.136. The number of hydrogen-bond donors (Lipinski definition) is 2. The first-order valence-electron chi connectivity index (χ1n) is 10.5. The highest BCUT2D eigenvalue weighted by Gasteiger charge is 2.39. The molecule has 4 rings (SSSR count). The van der Waals surface area contributed by atoms with Gasteiger partial charge >= 0.3 is 5.97 Å². The van der Waals surface area contributed by atoms with E-state index in [4.69, 9.17) is 9.15 Å². The first-order valence-corrected chi connectivity index (χ1v) is 10.5. The number of nitrogens with one attached hydrogen (secondary N) is 1. The molecule has 0 aliphatic carbocycles. The third-order valence-corrected chi connectivity index (χ3v) is 5.29. The Morgan fingerprint density at radius 1 is 0.882 bits per heavy atom. The summed E-state index contributed by atoms with van der Waals surface area (Å²) in [5.74, 6) is -0.156. The number of hydrogen-bond acceptors (Lipinski definition) is 6. The number of ether oxygens (including phenoxy) is 1. The van der Waals surface area contributed by atoms with E-state index >= 15 is 0 Å². The molecule has 34 heavy (non-hydrogen) atoms. The molecule has 0 saturated carbocycles. The van der Waals surface area contributed by atoms with Crippen molar-refractivity contribution in [2.75, 3.05) is 7.11 Å². The van der Waals surface area contributed by atoms with Crippen LogP contribution in [0.15, 0.2) is 107 Å². The molecule has 7 nitrogen and oxygen atoms in total. The van der Waals surface area contributed by atoms with Gasteiger partial charge in [-0.3, -0.25) is 4.79 Å². The molecular formula is C27H22N2O5. The minimum absolute atomic E-state index is 0.398. The van der Waals surface area contributed by atoms with Gasteiger partial charge in [-0.2, -0.15) is 5.10 Å². The molecule has 0 unspecified atom stereocenters. The zero-order chi connectivity index (χ0) is 24.0. The number of rotatable bonds is 7. The molecular weight excluding hydrogens is 432 g/mol. The molecule has 0 radical (unpaired) electrons. The Morgan fingerprint density at radius 2 is 1.47 bits per heavy atom. The first kappa shape index (κ1) is 22.7. The number of nitrogens with zero attached hydrogens (tertiary/aromatic N) is 1.